The molecule has 0 fully saturated rings. The predicted octanol–water partition coefficient (Wildman–Crippen LogP) is 3.68. The minimum atomic E-state index is -0.194. The third-order valence-corrected chi connectivity index (χ3v) is 4.44. The number of carbonyl (C=O) groups is 1. The van der Waals surface area contributed by atoms with Gasteiger partial charge in [0.1, 0.15) is 0 Å². The van der Waals surface area contributed by atoms with Crippen LogP contribution in [0, 0.1) is 5.92 Å². The lowest BCUT2D eigenvalue weighted by molar-refractivity contribution is -0.124. The molecular weight excluding hydrogens is 336 g/mol. The lowest BCUT2D eigenvalue weighted by atomic mass is 10.0. The fourth-order valence-corrected chi connectivity index (χ4v) is 2.87. The average molecular weight is 355 g/mol. The zero-order valence-corrected chi connectivity index (χ0v) is 14.6. The molecule has 0 aliphatic rings. The molecule has 3 aromatic rings. The number of rotatable bonds is 5. The van der Waals surface area contributed by atoms with Gasteiger partial charge in [0.15, 0.2) is 0 Å². The van der Waals surface area contributed by atoms with Gasteiger partial charge in [-0.1, -0.05) is 48.9 Å². The van der Waals surface area contributed by atoms with Gasteiger partial charge >= 0.3 is 0 Å². The summed E-state index contributed by atoms with van der Waals surface area (Å²) in [6, 6.07) is 16.9. The molecule has 0 aliphatic heterocycles. The first-order valence-corrected chi connectivity index (χ1v) is 8.54. The van der Waals surface area contributed by atoms with E-state index < -0.39 is 0 Å². The second-order valence-corrected chi connectivity index (χ2v) is 6.60. The molecule has 0 saturated carbocycles. The Morgan fingerprint density at radius 1 is 1.16 bits per heavy atom. The zero-order valence-electron chi connectivity index (χ0n) is 13.9. The highest BCUT2D eigenvalue weighted by molar-refractivity contribution is 6.30. The molecule has 2 aromatic carbocycles. The molecule has 1 amide bonds. The number of aromatic amines is 1. The monoisotopic (exact) mass is 354 g/mol. The fraction of sp³-hybridized carbons (Fsp3) is 0.200. The number of fused-ring (bicyclic) bond motifs is 1. The van der Waals surface area contributed by atoms with Gasteiger partial charge in [-0.15, -0.1) is 0 Å². The van der Waals surface area contributed by atoms with Crippen LogP contribution in [-0.2, 0) is 17.8 Å². The summed E-state index contributed by atoms with van der Waals surface area (Å²) in [5.74, 6) is -0.275. The van der Waals surface area contributed by atoms with Gasteiger partial charge in [0.05, 0.1) is 0 Å². The van der Waals surface area contributed by atoms with Gasteiger partial charge < -0.3 is 10.3 Å². The number of amides is 1. The Morgan fingerprint density at radius 3 is 2.64 bits per heavy atom. The van der Waals surface area contributed by atoms with Crippen LogP contribution in [-0.4, -0.2) is 10.9 Å². The van der Waals surface area contributed by atoms with Crippen molar-refractivity contribution in [2.24, 2.45) is 5.92 Å². The van der Waals surface area contributed by atoms with Crippen LogP contribution in [0.1, 0.15) is 18.1 Å². The first kappa shape index (κ1) is 17.2. The van der Waals surface area contributed by atoms with Crippen molar-refractivity contribution in [3.63, 3.8) is 0 Å². The number of hydrogen-bond donors (Lipinski definition) is 2. The number of benzene rings is 2. The Bertz CT molecular complexity index is 948. The van der Waals surface area contributed by atoms with Gasteiger partial charge in [0.25, 0.3) is 5.56 Å². The van der Waals surface area contributed by atoms with E-state index in [1.54, 1.807) is 0 Å². The third kappa shape index (κ3) is 4.28. The summed E-state index contributed by atoms with van der Waals surface area (Å²) in [7, 11) is 0. The molecule has 0 bridgehead atoms. The van der Waals surface area contributed by atoms with E-state index in [-0.39, 0.29) is 23.9 Å². The quantitative estimate of drug-likeness (QED) is 0.734. The second kappa shape index (κ2) is 7.53. The van der Waals surface area contributed by atoms with Crippen molar-refractivity contribution in [2.75, 3.05) is 0 Å². The Balaban J connectivity index is 1.64. The summed E-state index contributed by atoms with van der Waals surface area (Å²) >= 11 is 5.87. The fourth-order valence-electron chi connectivity index (χ4n) is 2.75. The Labute approximate surface area is 150 Å². The number of pyridine rings is 1. The molecule has 25 heavy (non-hydrogen) atoms. The molecule has 128 valence electrons. The Morgan fingerprint density at radius 2 is 1.88 bits per heavy atom. The predicted molar refractivity (Wildman–Crippen MR) is 101 cm³/mol. The van der Waals surface area contributed by atoms with E-state index in [0.717, 1.165) is 16.5 Å². The number of aromatic nitrogens is 1. The molecule has 1 atom stereocenters. The molecule has 1 unspecified atom stereocenters. The molecular formula is C20H19ClN2O2. The van der Waals surface area contributed by atoms with Crippen molar-refractivity contribution >= 4 is 28.4 Å². The zero-order chi connectivity index (χ0) is 17.8. The van der Waals surface area contributed by atoms with E-state index in [1.165, 1.54) is 0 Å². The van der Waals surface area contributed by atoms with E-state index in [0.29, 0.717) is 17.0 Å². The molecule has 5 heteroatoms. The van der Waals surface area contributed by atoms with Crippen LogP contribution in [0.25, 0.3) is 10.9 Å². The van der Waals surface area contributed by atoms with Gasteiger partial charge in [-0.2, -0.15) is 0 Å². The van der Waals surface area contributed by atoms with Crippen molar-refractivity contribution in [1.29, 1.82) is 0 Å². The van der Waals surface area contributed by atoms with E-state index in [2.05, 4.69) is 10.3 Å². The van der Waals surface area contributed by atoms with Crippen LogP contribution in [0.2, 0.25) is 5.02 Å². The van der Waals surface area contributed by atoms with Crippen LogP contribution >= 0.6 is 11.6 Å². The summed E-state index contributed by atoms with van der Waals surface area (Å²) in [5, 5.41) is 4.47. The van der Waals surface area contributed by atoms with Crippen LogP contribution in [0.15, 0.2) is 59.4 Å². The summed E-state index contributed by atoms with van der Waals surface area (Å²) in [4.78, 5) is 27.3. The third-order valence-electron chi connectivity index (χ3n) is 4.19. The standard InChI is InChI=1S/C20H19ClN2O2/c1-13(10-14-6-8-17(21)9-7-14)19(24)22-12-16-11-15-4-2-3-5-18(15)23-20(16)25/h2-9,11,13H,10,12H2,1H3,(H,22,24)(H,23,25). The van der Waals surface area contributed by atoms with Gasteiger partial charge in [-0.25, -0.2) is 0 Å². The molecule has 2 N–H and O–H groups in total. The van der Waals surface area contributed by atoms with Crippen LogP contribution < -0.4 is 10.9 Å². The minimum absolute atomic E-state index is 0.0810. The minimum Gasteiger partial charge on any atom is -0.352 e. The van der Waals surface area contributed by atoms with E-state index >= 15 is 0 Å². The SMILES string of the molecule is CC(Cc1ccc(Cl)cc1)C(=O)NCc1cc2ccccc2[nH]c1=O. The molecule has 3 rings (SSSR count). The summed E-state index contributed by atoms with van der Waals surface area (Å²) < 4.78 is 0. The summed E-state index contributed by atoms with van der Waals surface area (Å²) in [6.45, 7) is 2.08. The van der Waals surface area contributed by atoms with E-state index in [4.69, 9.17) is 11.6 Å². The van der Waals surface area contributed by atoms with Crippen LogP contribution in [0.5, 0.6) is 0 Å². The summed E-state index contributed by atoms with van der Waals surface area (Å²) in [5.41, 5.74) is 2.21. The van der Waals surface area contributed by atoms with E-state index in [9.17, 15) is 9.59 Å². The number of carbonyl (C=O) groups excluding carboxylic acids is 1. The highest BCUT2D eigenvalue weighted by Gasteiger charge is 2.14. The van der Waals surface area contributed by atoms with Gasteiger partial charge in [0, 0.05) is 28.6 Å². The number of hydrogen-bond acceptors (Lipinski definition) is 2. The van der Waals surface area contributed by atoms with Crippen molar-refractivity contribution in [1.82, 2.24) is 10.3 Å². The molecule has 0 saturated heterocycles. The van der Waals surface area contributed by atoms with Crippen molar-refractivity contribution in [3.8, 4) is 0 Å². The molecule has 0 spiro atoms. The van der Waals surface area contributed by atoms with Gasteiger partial charge in [0.2, 0.25) is 5.91 Å². The Kier molecular flexibility index (Phi) is 5.19. The molecule has 4 nitrogen and oxygen atoms in total. The second-order valence-electron chi connectivity index (χ2n) is 6.16. The first-order chi connectivity index (χ1) is 12.0. The number of H-pyrrole nitrogens is 1. The van der Waals surface area contributed by atoms with Crippen molar-refractivity contribution in [2.45, 2.75) is 19.9 Å². The number of para-hydroxylation sites is 1. The maximum atomic E-state index is 12.3. The molecule has 1 heterocycles. The lowest BCUT2D eigenvalue weighted by Crippen LogP contribution is -2.31. The van der Waals surface area contributed by atoms with Crippen LogP contribution in [0.4, 0.5) is 0 Å². The van der Waals surface area contributed by atoms with Crippen LogP contribution in [0.3, 0.4) is 0 Å². The first-order valence-electron chi connectivity index (χ1n) is 8.16. The lowest BCUT2D eigenvalue weighted by Gasteiger charge is -2.12. The maximum Gasteiger partial charge on any atom is 0.253 e. The smallest absolute Gasteiger partial charge is 0.253 e. The number of nitrogens with one attached hydrogen (secondary N) is 2. The topological polar surface area (TPSA) is 62.0 Å². The van der Waals surface area contributed by atoms with Crippen molar-refractivity contribution in [3.05, 3.63) is 81.1 Å². The average Bonchev–Trinajstić information content (AvgIpc) is 2.61. The number of halogens is 1. The molecule has 0 radical (unpaired) electrons. The van der Waals surface area contributed by atoms with Gasteiger partial charge in [-0.05, 0) is 41.6 Å². The Hall–Kier alpha value is -2.59. The normalized spacial score (nSPS) is 12.1. The maximum absolute atomic E-state index is 12.3. The molecule has 0 aliphatic carbocycles. The van der Waals surface area contributed by atoms with E-state index in [1.807, 2.05) is 61.5 Å². The highest BCUT2D eigenvalue weighted by atomic mass is 35.5. The summed E-state index contributed by atoms with van der Waals surface area (Å²) in [6.07, 6.45) is 0.622. The van der Waals surface area contributed by atoms with Crippen molar-refractivity contribution < 1.29 is 4.79 Å². The van der Waals surface area contributed by atoms with Gasteiger partial charge in [-0.3, -0.25) is 9.59 Å². The molecule has 1 aromatic heterocycles. The highest BCUT2D eigenvalue weighted by Crippen LogP contribution is 2.14. The largest absolute Gasteiger partial charge is 0.352 e.